The number of anilines is 1. The number of hydrogen-bond acceptors (Lipinski definition) is 2. The Morgan fingerprint density at radius 3 is 2.95 bits per heavy atom. The minimum absolute atomic E-state index is 0.244. The molecule has 2 N–H and O–H groups in total. The number of benzene rings is 1. The topological polar surface area (TPSA) is 50.4 Å². The van der Waals surface area contributed by atoms with Gasteiger partial charge in [0.1, 0.15) is 5.75 Å². The van der Waals surface area contributed by atoms with Gasteiger partial charge in [-0.15, -0.1) is 0 Å². The quantitative estimate of drug-likeness (QED) is 0.794. The van der Waals surface area contributed by atoms with Crippen molar-refractivity contribution < 1.29 is 9.53 Å². The summed E-state index contributed by atoms with van der Waals surface area (Å²) >= 11 is 5.93. The normalized spacial score (nSPS) is 14.3. The number of hydrogen-bond donors (Lipinski definition) is 2. The first-order chi connectivity index (χ1) is 10.2. The Balaban J connectivity index is 1.81. The van der Waals surface area contributed by atoms with E-state index in [2.05, 4.69) is 16.7 Å². The van der Waals surface area contributed by atoms with Crippen LogP contribution in [0.1, 0.15) is 32.1 Å². The van der Waals surface area contributed by atoms with E-state index in [-0.39, 0.29) is 6.03 Å². The standard InChI is InChI=1S/C16H21ClN2O2/c1-21-15-8-7-13(17)11-14(15)19-16(20)18-10-9-12-5-3-2-4-6-12/h5,7-8,11H,2-4,6,9-10H2,1H3,(H2,18,19,20). The molecule has 0 fully saturated rings. The molecule has 0 heterocycles. The third-order valence-electron chi connectivity index (χ3n) is 3.53. The lowest BCUT2D eigenvalue weighted by atomic mass is 9.97. The van der Waals surface area contributed by atoms with Crippen LogP contribution in [-0.2, 0) is 0 Å². The molecule has 1 aromatic carbocycles. The predicted molar refractivity (Wildman–Crippen MR) is 86.2 cm³/mol. The summed E-state index contributed by atoms with van der Waals surface area (Å²) in [5.74, 6) is 0.588. The molecule has 2 rings (SSSR count). The molecule has 0 aliphatic heterocycles. The van der Waals surface area contributed by atoms with Gasteiger partial charge in [0.05, 0.1) is 12.8 Å². The number of rotatable bonds is 5. The lowest BCUT2D eigenvalue weighted by molar-refractivity contribution is 0.252. The third-order valence-corrected chi connectivity index (χ3v) is 3.76. The number of halogens is 1. The number of carbonyl (C=O) groups is 1. The molecule has 114 valence electrons. The lowest BCUT2D eigenvalue weighted by Crippen LogP contribution is -2.30. The Bertz CT molecular complexity index is 529. The van der Waals surface area contributed by atoms with Gasteiger partial charge in [0.25, 0.3) is 0 Å². The monoisotopic (exact) mass is 308 g/mol. The van der Waals surface area contributed by atoms with E-state index in [0.717, 1.165) is 12.8 Å². The van der Waals surface area contributed by atoms with Crippen LogP contribution >= 0.6 is 11.6 Å². The smallest absolute Gasteiger partial charge is 0.319 e. The fourth-order valence-corrected chi connectivity index (χ4v) is 2.58. The van der Waals surface area contributed by atoms with Crippen molar-refractivity contribution >= 4 is 23.3 Å². The summed E-state index contributed by atoms with van der Waals surface area (Å²) in [6.45, 7) is 0.639. The molecule has 5 heteroatoms. The summed E-state index contributed by atoms with van der Waals surface area (Å²) in [5, 5.41) is 6.17. The predicted octanol–water partition coefficient (Wildman–Crippen LogP) is 4.36. The fourth-order valence-electron chi connectivity index (χ4n) is 2.41. The first-order valence-corrected chi connectivity index (χ1v) is 7.63. The van der Waals surface area contributed by atoms with Gasteiger partial charge < -0.3 is 15.4 Å². The highest BCUT2D eigenvalue weighted by Crippen LogP contribution is 2.27. The van der Waals surface area contributed by atoms with E-state index in [4.69, 9.17) is 16.3 Å². The maximum atomic E-state index is 11.9. The van der Waals surface area contributed by atoms with Gasteiger partial charge in [-0.05, 0) is 50.3 Å². The average Bonchev–Trinajstić information content (AvgIpc) is 2.48. The molecule has 0 saturated carbocycles. The molecule has 0 spiro atoms. The zero-order chi connectivity index (χ0) is 15.1. The van der Waals surface area contributed by atoms with Crippen molar-refractivity contribution in [3.63, 3.8) is 0 Å². The number of ether oxygens (including phenoxy) is 1. The largest absolute Gasteiger partial charge is 0.495 e. The van der Waals surface area contributed by atoms with Crippen molar-refractivity contribution in [3.8, 4) is 5.75 Å². The molecule has 0 atom stereocenters. The van der Waals surface area contributed by atoms with E-state index < -0.39 is 0 Å². The zero-order valence-electron chi connectivity index (χ0n) is 12.2. The third kappa shape index (κ3) is 4.97. The summed E-state index contributed by atoms with van der Waals surface area (Å²) in [6.07, 6.45) is 8.08. The molecule has 1 aliphatic carbocycles. The van der Waals surface area contributed by atoms with E-state index in [1.54, 1.807) is 25.3 Å². The summed E-state index contributed by atoms with van der Waals surface area (Å²) in [6, 6.07) is 4.87. The zero-order valence-corrected chi connectivity index (χ0v) is 13.0. The molecule has 4 nitrogen and oxygen atoms in total. The second-order valence-corrected chi connectivity index (χ2v) is 5.52. The van der Waals surface area contributed by atoms with Crippen LogP contribution in [0.25, 0.3) is 0 Å². The molecule has 0 aromatic heterocycles. The van der Waals surface area contributed by atoms with Crippen molar-refractivity contribution in [2.75, 3.05) is 19.0 Å². The summed E-state index contributed by atoms with van der Waals surface area (Å²) in [7, 11) is 1.56. The Labute approximate surface area is 130 Å². The van der Waals surface area contributed by atoms with Crippen molar-refractivity contribution in [2.24, 2.45) is 0 Å². The van der Waals surface area contributed by atoms with Gasteiger partial charge in [0.2, 0.25) is 0 Å². The first kappa shape index (κ1) is 15.7. The molecular formula is C16H21ClN2O2. The Kier molecular flexibility index (Phi) is 5.93. The van der Waals surface area contributed by atoms with Gasteiger partial charge in [0, 0.05) is 11.6 Å². The van der Waals surface area contributed by atoms with Gasteiger partial charge in [-0.2, -0.15) is 0 Å². The van der Waals surface area contributed by atoms with Gasteiger partial charge in [-0.1, -0.05) is 23.3 Å². The molecule has 0 saturated heterocycles. The van der Waals surface area contributed by atoms with Crippen LogP contribution in [-0.4, -0.2) is 19.7 Å². The Hall–Kier alpha value is -1.68. The van der Waals surface area contributed by atoms with Crippen LogP contribution in [0.15, 0.2) is 29.8 Å². The summed E-state index contributed by atoms with van der Waals surface area (Å²) in [4.78, 5) is 11.9. The molecule has 2 amide bonds. The second-order valence-electron chi connectivity index (χ2n) is 5.08. The van der Waals surface area contributed by atoms with Gasteiger partial charge in [0.15, 0.2) is 0 Å². The minimum Gasteiger partial charge on any atom is -0.495 e. The summed E-state index contributed by atoms with van der Waals surface area (Å²) in [5.41, 5.74) is 2.02. The molecular weight excluding hydrogens is 288 g/mol. The van der Waals surface area contributed by atoms with Gasteiger partial charge >= 0.3 is 6.03 Å². The highest BCUT2D eigenvalue weighted by molar-refractivity contribution is 6.31. The first-order valence-electron chi connectivity index (χ1n) is 7.25. The average molecular weight is 309 g/mol. The maximum absolute atomic E-state index is 11.9. The molecule has 1 aromatic rings. The van der Waals surface area contributed by atoms with E-state index in [0.29, 0.717) is 23.0 Å². The number of nitrogens with one attached hydrogen (secondary N) is 2. The SMILES string of the molecule is COc1ccc(Cl)cc1NC(=O)NCCC1=CCCCC1. The van der Waals surface area contributed by atoms with Crippen molar-refractivity contribution in [3.05, 3.63) is 34.9 Å². The van der Waals surface area contributed by atoms with Crippen LogP contribution in [0.4, 0.5) is 10.5 Å². The maximum Gasteiger partial charge on any atom is 0.319 e. The molecule has 21 heavy (non-hydrogen) atoms. The number of carbonyl (C=O) groups excluding carboxylic acids is 1. The number of methoxy groups -OCH3 is 1. The molecule has 0 radical (unpaired) electrons. The van der Waals surface area contributed by atoms with E-state index in [1.165, 1.54) is 24.8 Å². The number of urea groups is 1. The van der Waals surface area contributed by atoms with E-state index in [1.807, 2.05) is 0 Å². The van der Waals surface area contributed by atoms with Crippen LogP contribution in [0.2, 0.25) is 5.02 Å². The molecule has 0 unspecified atom stereocenters. The summed E-state index contributed by atoms with van der Waals surface area (Å²) < 4.78 is 5.19. The van der Waals surface area contributed by atoms with Crippen molar-refractivity contribution in [1.29, 1.82) is 0 Å². The number of amides is 2. The van der Waals surface area contributed by atoms with Crippen LogP contribution in [0.3, 0.4) is 0 Å². The van der Waals surface area contributed by atoms with E-state index in [9.17, 15) is 4.79 Å². The van der Waals surface area contributed by atoms with Gasteiger partial charge in [-0.3, -0.25) is 0 Å². The fraction of sp³-hybridized carbons (Fsp3) is 0.438. The minimum atomic E-state index is -0.244. The highest BCUT2D eigenvalue weighted by atomic mass is 35.5. The van der Waals surface area contributed by atoms with Crippen LogP contribution < -0.4 is 15.4 Å². The van der Waals surface area contributed by atoms with Crippen LogP contribution in [0, 0.1) is 0 Å². The van der Waals surface area contributed by atoms with Gasteiger partial charge in [-0.25, -0.2) is 4.79 Å². The Morgan fingerprint density at radius 2 is 2.24 bits per heavy atom. The highest BCUT2D eigenvalue weighted by Gasteiger charge is 2.08. The van der Waals surface area contributed by atoms with E-state index >= 15 is 0 Å². The second kappa shape index (κ2) is 7.93. The van der Waals surface area contributed by atoms with Crippen molar-refractivity contribution in [1.82, 2.24) is 5.32 Å². The van der Waals surface area contributed by atoms with Crippen LogP contribution in [0.5, 0.6) is 5.75 Å². The Morgan fingerprint density at radius 1 is 1.38 bits per heavy atom. The lowest BCUT2D eigenvalue weighted by Gasteiger charge is -2.14. The molecule has 1 aliphatic rings. The molecule has 0 bridgehead atoms. The van der Waals surface area contributed by atoms with Crippen molar-refractivity contribution in [2.45, 2.75) is 32.1 Å². The number of allylic oxidation sites excluding steroid dienone is 1.